The molecule has 0 aliphatic carbocycles. The van der Waals surface area contributed by atoms with Crippen molar-refractivity contribution in [2.45, 2.75) is 25.6 Å². The smallest absolute Gasteiger partial charge is 0.264 e. The van der Waals surface area contributed by atoms with Gasteiger partial charge in [0, 0.05) is 57.4 Å². The fourth-order valence-electron chi connectivity index (χ4n) is 4.43. The van der Waals surface area contributed by atoms with Crippen LogP contribution in [-0.4, -0.2) is 63.0 Å². The predicted molar refractivity (Wildman–Crippen MR) is 123 cm³/mol. The van der Waals surface area contributed by atoms with E-state index in [1.165, 1.54) is 24.7 Å². The number of hydrogen-bond acceptors (Lipinski definition) is 9. The molecule has 1 fully saturated rings. The van der Waals surface area contributed by atoms with Crippen molar-refractivity contribution in [2.75, 3.05) is 36.9 Å². The first kappa shape index (κ1) is 21.5. The molecule has 1 amide bonds. The van der Waals surface area contributed by atoms with E-state index in [2.05, 4.69) is 35.4 Å². The van der Waals surface area contributed by atoms with E-state index in [-0.39, 0.29) is 28.9 Å². The molecule has 33 heavy (non-hydrogen) atoms. The second-order valence-electron chi connectivity index (χ2n) is 7.96. The van der Waals surface area contributed by atoms with Gasteiger partial charge in [0.25, 0.3) is 11.5 Å². The number of pyridine rings is 1. The van der Waals surface area contributed by atoms with E-state index in [1.54, 1.807) is 22.2 Å². The molecule has 2 aliphatic rings. The van der Waals surface area contributed by atoms with E-state index in [4.69, 9.17) is 0 Å². The summed E-state index contributed by atoms with van der Waals surface area (Å²) < 4.78 is 16.7. The fraction of sp³-hybridized carbons (Fsp3) is 0.381. The molecule has 5 heterocycles. The van der Waals surface area contributed by atoms with E-state index in [1.807, 2.05) is 6.07 Å². The Balaban J connectivity index is 1.30. The molecule has 0 radical (unpaired) electrons. The van der Waals surface area contributed by atoms with Crippen LogP contribution >= 0.6 is 11.3 Å². The third-order valence-corrected chi connectivity index (χ3v) is 6.75. The van der Waals surface area contributed by atoms with Crippen molar-refractivity contribution in [3.63, 3.8) is 0 Å². The number of amides is 1. The summed E-state index contributed by atoms with van der Waals surface area (Å²) in [5.74, 6) is 0.0911. The number of halogens is 1. The molecule has 0 spiro atoms. The fourth-order valence-corrected chi connectivity index (χ4v) is 4.96. The Bertz CT molecular complexity index is 1230. The van der Waals surface area contributed by atoms with Gasteiger partial charge in [-0.15, -0.1) is 11.3 Å². The Kier molecular flexibility index (Phi) is 5.77. The average Bonchev–Trinajstić information content (AvgIpc) is 3.34. The summed E-state index contributed by atoms with van der Waals surface area (Å²) in [6.07, 6.45) is 3.77. The second kappa shape index (κ2) is 8.87. The van der Waals surface area contributed by atoms with Crippen LogP contribution in [0.5, 0.6) is 0 Å². The molecule has 3 aromatic rings. The highest BCUT2D eigenvalue weighted by Gasteiger charge is 2.33. The van der Waals surface area contributed by atoms with Gasteiger partial charge in [0.2, 0.25) is 0 Å². The van der Waals surface area contributed by atoms with E-state index < -0.39 is 5.82 Å². The number of nitrogens with one attached hydrogen (secondary N) is 2. The highest BCUT2D eigenvalue weighted by atomic mass is 32.1. The van der Waals surface area contributed by atoms with E-state index in [0.717, 1.165) is 18.8 Å². The first-order chi connectivity index (χ1) is 16.0. The van der Waals surface area contributed by atoms with Crippen LogP contribution < -0.4 is 21.1 Å². The molecule has 2 aliphatic heterocycles. The van der Waals surface area contributed by atoms with Gasteiger partial charge in [0.15, 0.2) is 16.8 Å². The van der Waals surface area contributed by atoms with Crippen molar-refractivity contribution < 1.29 is 9.18 Å². The Morgan fingerprint density at radius 1 is 1.24 bits per heavy atom. The van der Waals surface area contributed by atoms with Gasteiger partial charge in [-0.3, -0.25) is 19.1 Å². The molecule has 1 unspecified atom stereocenters. The van der Waals surface area contributed by atoms with Gasteiger partial charge in [-0.2, -0.15) is 0 Å². The van der Waals surface area contributed by atoms with Crippen LogP contribution in [0.25, 0.3) is 0 Å². The molecule has 10 nitrogen and oxygen atoms in total. The zero-order valence-electron chi connectivity index (χ0n) is 18.0. The van der Waals surface area contributed by atoms with Crippen LogP contribution in [0.15, 0.2) is 34.8 Å². The molecule has 0 aromatic carbocycles. The van der Waals surface area contributed by atoms with Crippen LogP contribution in [0.4, 0.5) is 21.2 Å². The number of piperazine rings is 1. The minimum Gasteiger partial charge on any atom is -0.355 e. The highest BCUT2D eigenvalue weighted by Crippen LogP contribution is 2.28. The van der Waals surface area contributed by atoms with Crippen LogP contribution in [0.2, 0.25) is 0 Å². The second-order valence-corrected chi connectivity index (χ2v) is 8.85. The lowest BCUT2D eigenvalue weighted by Gasteiger charge is -2.46. The zero-order chi connectivity index (χ0) is 22.9. The Morgan fingerprint density at radius 2 is 2.12 bits per heavy atom. The Hall–Kier alpha value is -3.38. The van der Waals surface area contributed by atoms with Gasteiger partial charge in [-0.05, 0) is 18.6 Å². The van der Waals surface area contributed by atoms with E-state index in [9.17, 15) is 9.59 Å². The first-order valence-corrected chi connectivity index (χ1v) is 11.5. The van der Waals surface area contributed by atoms with E-state index in [0.29, 0.717) is 37.0 Å². The molecular weight excluding hydrogens is 447 g/mol. The molecule has 172 valence electrons. The van der Waals surface area contributed by atoms with E-state index >= 15 is 4.39 Å². The Labute approximate surface area is 193 Å². The van der Waals surface area contributed by atoms with Gasteiger partial charge in [-0.1, -0.05) is 0 Å². The minimum atomic E-state index is -0.475. The first-order valence-electron chi connectivity index (χ1n) is 10.7. The lowest BCUT2D eigenvalue weighted by Crippen LogP contribution is -2.57. The number of rotatable bonds is 5. The van der Waals surface area contributed by atoms with Crippen LogP contribution in [0.3, 0.4) is 0 Å². The minimum absolute atomic E-state index is 0.117. The van der Waals surface area contributed by atoms with Crippen molar-refractivity contribution in [2.24, 2.45) is 0 Å². The monoisotopic (exact) mass is 470 g/mol. The Morgan fingerprint density at radius 3 is 2.91 bits per heavy atom. The molecular formula is C21H23FN8O2S. The highest BCUT2D eigenvalue weighted by molar-refractivity contribution is 7.13. The summed E-state index contributed by atoms with van der Waals surface area (Å²) in [5.41, 5.74) is 0.218. The number of fused-ring (bicyclic) bond motifs is 3. The SMILES string of the molecule is CNC(=O)c1ccc2n(c1=O)CCC1CN(Cc3ncnc(Nc4nccs4)c3F)CCN21. The summed E-state index contributed by atoms with van der Waals surface area (Å²) in [5, 5.41) is 7.79. The van der Waals surface area contributed by atoms with Gasteiger partial charge in [0.1, 0.15) is 17.7 Å². The molecule has 1 atom stereocenters. The molecule has 12 heteroatoms. The molecule has 1 saturated heterocycles. The third-order valence-electron chi connectivity index (χ3n) is 6.06. The molecule has 3 aromatic heterocycles. The molecule has 0 bridgehead atoms. The molecule has 2 N–H and O–H groups in total. The molecule has 5 rings (SSSR count). The largest absolute Gasteiger partial charge is 0.355 e. The quantitative estimate of drug-likeness (QED) is 0.577. The maximum absolute atomic E-state index is 15.0. The van der Waals surface area contributed by atoms with Crippen LogP contribution in [0, 0.1) is 5.82 Å². The lowest BCUT2D eigenvalue weighted by molar-refractivity contribution is 0.0960. The molecule has 0 saturated carbocycles. The van der Waals surface area contributed by atoms with Crippen molar-refractivity contribution in [3.05, 3.63) is 57.5 Å². The number of carbonyl (C=O) groups excluding carboxylic acids is 1. The predicted octanol–water partition coefficient (Wildman–Crippen LogP) is 1.43. The number of carbonyl (C=O) groups is 1. The summed E-state index contributed by atoms with van der Waals surface area (Å²) >= 11 is 1.37. The number of nitrogens with zero attached hydrogens (tertiary/aromatic N) is 6. The lowest BCUT2D eigenvalue weighted by atomic mass is 10.0. The standard InChI is InChI=1S/C21H23FN8O2S/c1-23-19(31)14-2-3-16-29-8-7-28(10-13(29)4-6-30(16)20(14)32)11-15-17(22)18(26-12-25-15)27-21-24-5-9-33-21/h2-3,5,9,12-13H,4,6-8,10-11H2,1H3,(H,23,31)(H,24,25,26,27). The summed E-state index contributed by atoms with van der Waals surface area (Å²) in [4.78, 5) is 41.4. The third kappa shape index (κ3) is 4.07. The van der Waals surface area contributed by atoms with Gasteiger partial charge < -0.3 is 15.5 Å². The van der Waals surface area contributed by atoms with Gasteiger partial charge >= 0.3 is 0 Å². The van der Waals surface area contributed by atoms with Crippen molar-refractivity contribution in [3.8, 4) is 0 Å². The van der Waals surface area contributed by atoms with Crippen LogP contribution in [0.1, 0.15) is 22.5 Å². The average molecular weight is 471 g/mol. The van der Waals surface area contributed by atoms with Crippen molar-refractivity contribution >= 4 is 34.0 Å². The van der Waals surface area contributed by atoms with Crippen LogP contribution in [-0.2, 0) is 13.1 Å². The summed E-state index contributed by atoms with van der Waals surface area (Å²) in [6, 6.07) is 3.63. The topological polar surface area (TPSA) is 108 Å². The normalized spacial score (nSPS) is 17.9. The summed E-state index contributed by atoms with van der Waals surface area (Å²) in [7, 11) is 1.51. The summed E-state index contributed by atoms with van der Waals surface area (Å²) in [6.45, 7) is 3.02. The van der Waals surface area contributed by atoms with Crippen molar-refractivity contribution in [1.29, 1.82) is 0 Å². The maximum Gasteiger partial charge on any atom is 0.264 e. The van der Waals surface area contributed by atoms with Crippen molar-refractivity contribution in [1.82, 2.24) is 29.7 Å². The number of hydrogen-bond donors (Lipinski definition) is 2. The number of thiazole rings is 1. The number of anilines is 3. The zero-order valence-corrected chi connectivity index (χ0v) is 18.8. The van der Waals surface area contributed by atoms with Gasteiger partial charge in [-0.25, -0.2) is 19.3 Å². The number of aromatic nitrogens is 4. The maximum atomic E-state index is 15.0. The van der Waals surface area contributed by atoms with Gasteiger partial charge in [0.05, 0.1) is 5.69 Å².